The number of fused-ring (bicyclic) bond motifs is 1. The van der Waals surface area contributed by atoms with Crippen LogP contribution in [0, 0.1) is 5.82 Å². The SMILES string of the molecule is CCCCCCCn1c(=O)c(C(=O)N/N=C\c2cccc(F)c2)c(O)c2ccccc21. The van der Waals surface area contributed by atoms with E-state index in [9.17, 15) is 19.1 Å². The van der Waals surface area contributed by atoms with Crippen LogP contribution in [0.1, 0.15) is 54.9 Å². The monoisotopic (exact) mass is 423 g/mol. The number of hydrogen-bond acceptors (Lipinski definition) is 4. The number of amides is 1. The van der Waals surface area contributed by atoms with Crippen molar-refractivity contribution in [2.45, 2.75) is 45.6 Å². The molecular weight excluding hydrogens is 397 g/mol. The molecule has 0 fully saturated rings. The number of nitrogens with zero attached hydrogens (tertiary/aromatic N) is 2. The molecule has 7 heteroatoms. The number of hydrogen-bond donors (Lipinski definition) is 2. The molecule has 162 valence electrons. The van der Waals surface area contributed by atoms with E-state index >= 15 is 0 Å². The molecule has 1 amide bonds. The van der Waals surface area contributed by atoms with Crippen molar-refractivity contribution in [2.75, 3.05) is 0 Å². The van der Waals surface area contributed by atoms with E-state index in [1.54, 1.807) is 30.3 Å². The van der Waals surface area contributed by atoms with Gasteiger partial charge in [-0.3, -0.25) is 9.59 Å². The van der Waals surface area contributed by atoms with Crippen LogP contribution in [0.15, 0.2) is 58.4 Å². The third-order valence-electron chi connectivity index (χ3n) is 5.09. The van der Waals surface area contributed by atoms with E-state index in [2.05, 4.69) is 17.5 Å². The largest absolute Gasteiger partial charge is 0.506 e. The van der Waals surface area contributed by atoms with Crippen molar-refractivity contribution >= 4 is 23.0 Å². The van der Waals surface area contributed by atoms with Gasteiger partial charge in [0.25, 0.3) is 11.5 Å². The maximum absolute atomic E-state index is 13.3. The predicted octanol–water partition coefficient (Wildman–Crippen LogP) is 4.58. The molecule has 0 aliphatic carbocycles. The van der Waals surface area contributed by atoms with Crippen LogP contribution in [0.2, 0.25) is 0 Å². The van der Waals surface area contributed by atoms with Crippen LogP contribution in [0.4, 0.5) is 4.39 Å². The maximum atomic E-state index is 13.3. The van der Waals surface area contributed by atoms with Gasteiger partial charge >= 0.3 is 0 Å². The average molecular weight is 423 g/mol. The van der Waals surface area contributed by atoms with Crippen LogP contribution in [0.5, 0.6) is 5.75 Å². The summed E-state index contributed by atoms with van der Waals surface area (Å²) in [6.45, 7) is 2.59. The van der Waals surface area contributed by atoms with E-state index in [-0.39, 0.29) is 11.3 Å². The second-order valence-corrected chi connectivity index (χ2v) is 7.37. The Morgan fingerprint density at radius 1 is 1.13 bits per heavy atom. The van der Waals surface area contributed by atoms with E-state index < -0.39 is 17.3 Å². The number of halogens is 1. The minimum atomic E-state index is -0.819. The van der Waals surface area contributed by atoms with Gasteiger partial charge in [-0.25, -0.2) is 9.82 Å². The highest BCUT2D eigenvalue weighted by molar-refractivity contribution is 6.02. The number of pyridine rings is 1. The fourth-order valence-corrected chi connectivity index (χ4v) is 3.50. The normalized spacial score (nSPS) is 11.3. The summed E-state index contributed by atoms with van der Waals surface area (Å²) in [5, 5.41) is 14.9. The number of aromatic hydroxyl groups is 1. The molecule has 0 saturated carbocycles. The zero-order valence-electron chi connectivity index (χ0n) is 17.5. The molecule has 2 aromatic carbocycles. The van der Waals surface area contributed by atoms with Gasteiger partial charge < -0.3 is 9.67 Å². The number of carbonyl (C=O) groups excluding carboxylic acids is 1. The van der Waals surface area contributed by atoms with Gasteiger partial charge in [0.2, 0.25) is 0 Å². The fraction of sp³-hybridized carbons (Fsp3) is 0.292. The molecule has 0 unspecified atom stereocenters. The van der Waals surface area contributed by atoms with Crippen molar-refractivity contribution in [3.63, 3.8) is 0 Å². The topological polar surface area (TPSA) is 83.7 Å². The molecule has 0 atom stereocenters. The third kappa shape index (κ3) is 5.36. The first-order valence-electron chi connectivity index (χ1n) is 10.5. The summed E-state index contributed by atoms with van der Waals surface area (Å²) in [5.41, 5.74) is 2.37. The van der Waals surface area contributed by atoms with Crippen molar-refractivity contribution in [1.82, 2.24) is 9.99 Å². The van der Waals surface area contributed by atoms with E-state index in [0.29, 0.717) is 23.0 Å². The van der Waals surface area contributed by atoms with Gasteiger partial charge in [0.05, 0.1) is 11.7 Å². The molecule has 3 aromatic rings. The first-order valence-corrected chi connectivity index (χ1v) is 10.5. The Balaban J connectivity index is 1.88. The summed E-state index contributed by atoms with van der Waals surface area (Å²) < 4.78 is 14.8. The molecule has 1 heterocycles. The number of hydrazone groups is 1. The number of benzene rings is 2. The first kappa shape index (κ1) is 22.2. The summed E-state index contributed by atoms with van der Waals surface area (Å²) in [5.74, 6) is -1.62. The minimum Gasteiger partial charge on any atom is -0.506 e. The fourth-order valence-electron chi connectivity index (χ4n) is 3.50. The second-order valence-electron chi connectivity index (χ2n) is 7.37. The van der Waals surface area contributed by atoms with Crippen LogP contribution in [0.25, 0.3) is 10.9 Å². The molecule has 0 spiro atoms. The zero-order chi connectivity index (χ0) is 22.2. The van der Waals surface area contributed by atoms with Crippen molar-refractivity contribution in [3.05, 3.63) is 75.8 Å². The van der Waals surface area contributed by atoms with Crippen LogP contribution < -0.4 is 11.0 Å². The highest BCUT2D eigenvalue weighted by atomic mass is 19.1. The molecular formula is C24H26FN3O3. The number of aromatic nitrogens is 1. The van der Waals surface area contributed by atoms with E-state index in [4.69, 9.17) is 0 Å². The van der Waals surface area contributed by atoms with Gasteiger partial charge in [-0.1, -0.05) is 56.9 Å². The summed E-state index contributed by atoms with van der Waals surface area (Å²) in [6.07, 6.45) is 6.40. The highest BCUT2D eigenvalue weighted by Crippen LogP contribution is 2.26. The highest BCUT2D eigenvalue weighted by Gasteiger charge is 2.21. The molecule has 0 radical (unpaired) electrons. The van der Waals surface area contributed by atoms with Gasteiger partial charge in [-0.15, -0.1) is 0 Å². The number of nitrogens with one attached hydrogen (secondary N) is 1. The van der Waals surface area contributed by atoms with Crippen molar-refractivity contribution < 1.29 is 14.3 Å². The molecule has 6 nitrogen and oxygen atoms in total. The molecule has 0 bridgehead atoms. The molecule has 31 heavy (non-hydrogen) atoms. The Hall–Kier alpha value is -3.48. The van der Waals surface area contributed by atoms with Crippen LogP contribution in [-0.4, -0.2) is 21.8 Å². The summed E-state index contributed by atoms with van der Waals surface area (Å²) in [4.78, 5) is 25.8. The number of aryl methyl sites for hydroxylation is 1. The van der Waals surface area contributed by atoms with Gasteiger partial charge in [0.1, 0.15) is 17.1 Å². The first-order chi connectivity index (χ1) is 15.0. The van der Waals surface area contributed by atoms with Gasteiger partial charge in [-0.05, 0) is 36.2 Å². The Morgan fingerprint density at radius 2 is 1.90 bits per heavy atom. The van der Waals surface area contributed by atoms with Crippen LogP contribution >= 0.6 is 0 Å². The zero-order valence-corrected chi connectivity index (χ0v) is 17.5. The lowest BCUT2D eigenvalue weighted by atomic mass is 10.1. The van der Waals surface area contributed by atoms with E-state index in [1.165, 1.54) is 29.0 Å². The van der Waals surface area contributed by atoms with Crippen LogP contribution in [-0.2, 0) is 6.54 Å². The Kier molecular flexibility index (Phi) is 7.54. The summed E-state index contributed by atoms with van der Waals surface area (Å²) in [7, 11) is 0. The van der Waals surface area contributed by atoms with E-state index in [1.807, 2.05) is 0 Å². The Morgan fingerprint density at radius 3 is 2.68 bits per heavy atom. The Bertz CT molecular complexity index is 1150. The van der Waals surface area contributed by atoms with Gasteiger partial charge in [-0.2, -0.15) is 5.10 Å². The minimum absolute atomic E-state index is 0.358. The van der Waals surface area contributed by atoms with Crippen molar-refractivity contribution in [3.8, 4) is 5.75 Å². The molecule has 2 N–H and O–H groups in total. The second kappa shape index (κ2) is 10.5. The lowest BCUT2D eigenvalue weighted by Gasteiger charge is -2.14. The summed E-state index contributed by atoms with van der Waals surface area (Å²) in [6, 6.07) is 12.7. The van der Waals surface area contributed by atoms with Gasteiger partial charge in [0, 0.05) is 11.9 Å². The quantitative estimate of drug-likeness (QED) is 0.300. The number of unbranched alkanes of at least 4 members (excludes halogenated alkanes) is 4. The standard InChI is InChI=1S/C24H26FN3O3/c1-2-3-4-5-8-14-28-20-13-7-6-12-19(20)22(29)21(24(28)31)23(30)27-26-16-17-10-9-11-18(25)15-17/h6-7,9-13,15-16,29H,2-5,8,14H2,1H3,(H,27,30)/b26-16-. The number of rotatable bonds is 9. The average Bonchev–Trinajstić information content (AvgIpc) is 2.76. The molecule has 1 aromatic heterocycles. The van der Waals surface area contributed by atoms with E-state index in [0.717, 1.165) is 32.1 Å². The van der Waals surface area contributed by atoms with Gasteiger partial charge in [0.15, 0.2) is 0 Å². The molecule has 0 saturated heterocycles. The third-order valence-corrected chi connectivity index (χ3v) is 5.09. The van der Waals surface area contributed by atoms with Crippen molar-refractivity contribution in [1.29, 1.82) is 0 Å². The van der Waals surface area contributed by atoms with Crippen LogP contribution in [0.3, 0.4) is 0 Å². The Labute approximate surface area is 180 Å². The molecule has 3 rings (SSSR count). The number of carbonyl (C=O) groups is 1. The lowest BCUT2D eigenvalue weighted by Crippen LogP contribution is -2.31. The molecule has 0 aliphatic rings. The van der Waals surface area contributed by atoms with Crippen molar-refractivity contribution in [2.24, 2.45) is 5.10 Å². The lowest BCUT2D eigenvalue weighted by molar-refractivity contribution is 0.0950. The maximum Gasteiger partial charge on any atom is 0.280 e. The smallest absolute Gasteiger partial charge is 0.280 e. The molecule has 0 aliphatic heterocycles. The number of para-hydroxylation sites is 1. The summed E-state index contributed by atoms with van der Waals surface area (Å²) >= 11 is 0. The predicted molar refractivity (Wildman–Crippen MR) is 120 cm³/mol.